The Kier molecular flexibility index (Phi) is 23.7. The number of allylic oxidation sites excluding steroid dienone is 1. The van der Waals surface area contributed by atoms with E-state index in [1.54, 1.807) is 6.08 Å². The van der Waals surface area contributed by atoms with Crippen molar-refractivity contribution in [2.45, 2.75) is 60.6 Å². The molecule has 0 aliphatic heterocycles. The maximum absolute atomic E-state index is 13.7. The van der Waals surface area contributed by atoms with E-state index in [9.17, 15) is 26.7 Å². The Hall–Kier alpha value is -3.66. The second-order valence-electron chi connectivity index (χ2n) is 6.31. The van der Waals surface area contributed by atoms with Gasteiger partial charge in [-0.1, -0.05) is 65.8 Å². The van der Waals surface area contributed by atoms with Crippen molar-refractivity contribution in [1.29, 1.82) is 0 Å². The van der Waals surface area contributed by atoms with Crippen LogP contribution in [0.15, 0.2) is 67.4 Å². The second-order valence-corrected chi connectivity index (χ2v) is 6.55. The van der Waals surface area contributed by atoms with E-state index in [1.807, 2.05) is 48.5 Å². The highest BCUT2D eigenvalue weighted by molar-refractivity contribution is 6.15. The molecule has 3 rings (SSSR count). The number of anilines is 1. The van der Waals surface area contributed by atoms with E-state index >= 15 is 0 Å². The Morgan fingerprint density at radius 3 is 1.77 bits per heavy atom. The van der Waals surface area contributed by atoms with Gasteiger partial charge in [0.2, 0.25) is 0 Å². The molecule has 1 aromatic heterocycles. The molecule has 0 spiro atoms. The van der Waals surface area contributed by atoms with Crippen LogP contribution in [0.5, 0.6) is 0 Å². The van der Waals surface area contributed by atoms with E-state index in [-0.39, 0.29) is 29.4 Å². The Morgan fingerprint density at radius 2 is 1.40 bits per heavy atom. The molecule has 40 heavy (non-hydrogen) atoms. The summed E-state index contributed by atoms with van der Waals surface area (Å²) in [6.07, 6.45) is -1.59. The number of benzene rings is 2. The summed E-state index contributed by atoms with van der Waals surface area (Å²) in [5.41, 5.74) is -1.34. The molecule has 5 nitrogen and oxygen atoms in total. The summed E-state index contributed by atoms with van der Waals surface area (Å²) in [4.78, 5) is 20.5. The van der Waals surface area contributed by atoms with Crippen LogP contribution in [-0.4, -0.2) is 22.1 Å². The molecule has 0 fully saturated rings. The normalized spacial score (nSPS) is 9.12. The minimum atomic E-state index is -4.57. The number of hydrogen-bond donors (Lipinski definition) is 2. The highest BCUT2D eigenvalue weighted by Crippen LogP contribution is 2.38. The minimum Gasteiger partial charge on any atom is -0.483 e. The highest BCUT2D eigenvalue weighted by atomic mass is 35.5. The van der Waals surface area contributed by atoms with Gasteiger partial charge in [0.25, 0.3) is 12.4 Å². The number of hydrogen-bond acceptors (Lipinski definition) is 2. The van der Waals surface area contributed by atoms with Gasteiger partial charge in [0.15, 0.2) is 0 Å². The molecule has 2 N–H and O–H groups in total. The van der Waals surface area contributed by atoms with Crippen LogP contribution in [0.1, 0.15) is 64.4 Å². The van der Waals surface area contributed by atoms with Crippen LogP contribution in [0.3, 0.4) is 0 Å². The fraction of sp³-hybridized carbons (Fsp3) is 0.310. The van der Waals surface area contributed by atoms with Gasteiger partial charge in [-0.2, -0.15) is 13.2 Å². The third-order valence-corrected chi connectivity index (χ3v) is 4.26. The number of rotatable bonds is 4. The van der Waals surface area contributed by atoms with Crippen LogP contribution >= 0.6 is 11.6 Å². The number of halogens is 6. The summed E-state index contributed by atoms with van der Waals surface area (Å²) in [6.45, 7) is 17.0. The molecule has 2 aromatic carbocycles. The summed E-state index contributed by atoms with van der Waals surface area (Å²) in [5, 5.41) is 9.20. The number of nitrogens with zero attached hydrogens (tertiary/aromatic N) is 1. The molecule has 3 aromatic rings. The van der Waals surface area contributed by atoms with Crippen molar-refractivity contribution in [3.63, 3.8) is 0 Å². The lowest BCUT2D eigenvalue weighted by molar-refractivity contribution is -0.137. The first-order valence-electron chi connectivity index (χ1n) is 12.4. The number of carboxylic acid groups (broad SMARTS) is 1. The predicted octanol–water partition coefficient (Wildman–Crippen LogP) is 9.87. The van der Waals surface area contributed by atoms with Crippen molar-refractivity contribution in [3.8, 4) is 11.3 Å². The summed E-state index contributed by atoms with van der Waals surface area (Å²) in [7, 11) is 0. The van der Waals surface area contributed by atoms with Crippen LogP contribution in [0, 0.1) is 11.6 Å². The molecule has 1 amide bonds. The smallest absolute Gasteiger partial charge is 0.418 e. The predicted molar refractivity (Wildman–Crippen MR) is 154 cm³/mol. The van der Waals surface area contributed by atoms with Crippen molar-refractivity contribution >= 4 is 29.7 Å². The van der Waals surface area contributed by atoms with Gasteiger partial charge in [-0.25, -0.2) is 8.78 Å². The molecule has 224 valence electrons. The molecule has 1 heterocycles. The maximum atomic E-state index is 13.7. The number of nitrogens with one attached hydrogen (secondary N) is 1. The highest BCUT2D eigenvalue weighted by Gasteiger charge is 2.35. The summed E-state index contributed by atoms with van der Waals surface area (Å²) in [6, 6.07) is 9.11. The van der Waals surface area contributed by atoms with Gasteiger partial charge < -0.3 is 15.0 Å². The lowest BCUT2D eigenvalue weighted by Crippen LogP contribution is -2.15. The number of carbonyl (C=O) groups excluding carboxylic acids is 1. The first kappa shape index (κ1) is 40.8. The standard InChI is InChI=1S/C19H12ClF5N2O.C3H6.3C2H6.CH2O2/c20-10-27-9-8-13(19(23,24)25)17(27)11-4-6-12(7-5-11)26-18(28)16-14(21)2-1-3-15(16)22;1-3-2;3*1-2;2-1-3/h1-9H,10H2,(H,26,28);3H,1H2,2H3;3*1-2H3;1H,(H,2,3). The molecule has 0 saturated heterocycles. The van der Waals surface area contributed by atoms with Crippen molar-refractivity contribution in [1.82, 2.24) is 4.57 Å². The van der Waals surface area contributed by atoms with Gasteiger partial charge >= 0.3 is 6.18 Å². The zero-order valence-electron chi connectivity index (χ0n) is 23.7. The molecule has 0 bridgehead atoms. The van der Waals surface area contributed by atoms with Gasteiger partial charge in [-0.15, -0.1) is 18.2 Å². The third-order valence-electron chi connectivity index (χ3n) is 4.00. The van der Waals surface area contributed by atoms with Crippen LogP contribution < -0.4 is 5.32 Å². The lowest BCUT2D eigenvalue weighted by atomic mass is 10.1. The van der Waals surface area contributed by atoms with Crippen LogP contribution in [0.25, 0.3) is 11.3 Å². The Balaban J connectivity index is -0.000000994. The summed E-state index contributed by atoms with van der Waals surface area (Å²) in [5.74, 6) is -3.06. The van der Waals surface area contributed by atoms with Gasteiger partial charge in [-0.05, 0) is 42.8 Å². The summed E-state index contributed by atoms with van der Waals surface area (Å²) >= 11 is 5.71. The minimum absolute atomic E-state index is 0.125. The monoisotopic (exact) mass is 592 g/mol. The second kappa shape index (κ2) is 23.2. The first-order chi connectivity index (χ1) is 19.0. The molecule has 0 unspecified atom stereocenters. The fourth-order valence-corrected chi connectivity index (χ4v) is 2.94. The number of carbonyl (C=O) groups is 2. The molecule has 0 aliphatic rings. The average molecular weight is 593 g/mol. The molecular formula is C29H38ClF5N2O3. The van der Waals surface area contributed by atoms with Gasteiger partial charge in [-0.3, -0.25) is 9.59 Å². The zero-order chi connectivity index (χ0) is 31.9. The number of aromatic nitrogens is 1. The largest absolute Gasteiger partial charge is 0.483 e. The number of alkyl halides is 4. The maximum Gasteiger partial charge on any atom is 0.418 e. The molecule has 11 heteroatoms. The van der Waals surface area contributed by atoms with E-state index in [0.29, 0.717) is 0 Å². The third kappa shape index (κ3) is 13.4. The first-order valence-corrected chi connectivity index (χ1v) is 12.9. The van der Waals surface area contributed by atoms with Crippen molar-refractivity contribution in [2.24, 2.45) is 0 Å². The molecule has 0 radical (unpaired) electrons. The van der Waals surface area contributed by atoms with Crippen molar-refractivity contribution in [3.05, 3.63) is 90.1 Å². The van der Waals surface area contributed by atoms with Crippen molar-refractivity contribution < 1.29 is 36.6 Å². The molecule has 0 saturated carbocycles. The van der Waals surface area contributed by atoms with Gasteiger partial charge in [0.1, 0.15) is 17.2 Å². The molecule has 0 aliphatic carbocycles. The van der Waals surface area contributed by atoms with Gasteiger partial charge in [0.05, 0.1) is 17.3 Å². The van der Waals surface area contributed by atoms with E-state index in [4.69, 9.17) is 21.5 Å². The fourth-order valence-electron chi connectivity index (χ4n) is 2.74. The Labute approximate surface area is 238 Å². The quantitative estimate of drug-likeness (QED) is 0.137. The van der Waals surface area contributed by atoms with Crippen LogP contribution in [-0.2, 0) is 17.0 Å². The average Bonchev–Trinajstić information content (AvgIpc) is 3.39. The Morgan fingerprint density at radius 1 is 0.975 bits per heavy atom. The topological polar surface area (TPSA) is 71.3 Å². The lowest BCUT2D eigenvalue weighted by Gasteiger charge is -2.13. The van der Waals surface area contributed by atoms with E-state index in [2.05, 4.69) is 11.9 Å². The number of amides is 1. The van der Waals surface area contributed by atoms with E-state index in [1.165, 1.54) is 35.0 Å². The molecular weight excluding hydrogens is 555 g/mol. The zero-order valence-corrected chi connectivity index (χ0v) is 24.5. The molecule has 0 atom stereocenters. The van der Waals surface area contributed by atoms with Crippen LogP contribution in [0.4, 0.5) is 27.6 Å². The Bertz CT molecular complexity index is 1090. The van der Waals surface area contributed by atoms with Crippen LogP contribution in [0.2, 0.25) is 0 Å². The van der Waals surface area contributed by atoms with Gasteiger partial charge in [0, 0.05) is 11.9 Å². The summed E-state index contributed by atoms with van der Waals surface area (Å²) < 4.78 is 68.2. The van der Waals surface area contributed by atoms with Crippen molar-refractivity contribution in [2.75, 3.05) is 5.32 Å². The SMILES string of the molecule is C=CC.CC.CC.CC.O=C(Nc1ccc(-c2c(C(F)(F)F)ccn2CCl)cc1)c1c(F)cccc1F.O=CO. The van der Waals surface area contributed by atoms with E-state index in [0.717, 1.165) is 24.3 Å². The van der Waals surface area contributed by atoms with E-state index < -0.39 is 34.8 Å².